The zero-order chi connectivity index (χ0) is 22.6. The van der Waals surface area contributed by atoms with E-state index < -0.39 is 36.2 Å². The molecule has 1 aromatic rings. The second kappa shape index (κ2) is 12.8. The predicted octanol–water partition coefficient (Wildman–Crippen LogP) is 2.27. The van der Waals surface area contributed by atoms with Crippen LogP contribution in [0.5, 0.6) is 0 Å². The van der Waals surface area contributed by atoms with E-state index in [9.17, 15) is 27.6 Å². The molecular weight excluding hydrogens is 405 g/mol. The number of esters is 2. The molecule has 0 radical (unpaired) electrons. The molecule has 0 aliphatic rings. The summed E-state index contributed by atoms with van der Waals surface area (Å²) in [4.78, 5) is 35.0. The number of carbonyl (C=O) groups is 3. The molecule has 30 heavy (non-hydrogen) atoms. The lowest BCUT2D eigenvalue weighted by atomic mass is 10.1. The Labute approximate surface area is 173 Å². The molecule has 3 N–H and O–H groups in total. The first-order valence-electron chi connectivity index (χ1n) is 9.66. The van der Waals surface area contributed by atoms with Crippen LogP contribution in [-0.4, -0.2) is 49.3 Å². The highest BCUT2D eigenvalue weighted by Gasteiger charge is 2.38. The number of hydrogen-bond acceptors (Lipinski definition) is 6. The highest BCUT2D eigenvalue weighted by Crippen LogP contribution is 2.14. The first-order valence-corrected chi connectivity index (χ1v) is 9.66. The van der Waals surface area contributed by atoms with Crippen LogP contribution in [0.25, 0.3) is 0 Å². The summed E-state index contributed by atoms with van der Waals surface area (Å²) < 4.78 is 46.4. The average Bonchev–Trinajstić information content (AvgIpc) is 2.70. The Balaban J connectivity index is 2.44. The van der Waals surface area contributed by atoms with Crippen molar-refractivity contribution in [2.45, 2.75) is 57.3 Å². The molecule has 0 saturated heterocycles. The van der Waals surface area contributed by atoms with Crippen molar-refractivity contribution >= 4 is 17.8 Å². The fourth-order valence-electron chi connectivity index (χ4n) is 2.54. The van der Waals surface area contributed by atoms with E-state index in [2.05, 4.69) is 0 Å². The molecule has 0 heterocycles. The van der Waals surface area contributed by atoms with Gasteiger partial charge in [0.25, 0.3) is 0 Å². The van der Waals surface area contributed by atoms with Gasteiger partial charge in [0, 0.05) is 6.54 Å². The fraction of sp³-hybridized carbons (Fsp3) is 0.550. The number of ether oxygens (including phenoxy) is 2. The van der Waals surface area contributed by atoms with E-state index in [0.717, 1.165) is 5.56 Å². The molecule has 0 unspecified atom stereocenters. The number of carbonyl (C=O) groups excluding carboxylic acids is 3. The van der Waals surface area contributed by atoms with Crippen LogP contribution in [0.2, 0.25) is 0 Å². The summed E-state index contributed by atoms with van der Waals surface area (Å²) in [5.74, 6) is -3.47. The van der Waals surface area contributed by atoms with Crippen LogP contribution in [0.1, 0.15) is 38.2 Å². The Kier molecular flexibility index (Phi) is 10.9. The summed E-state index contributed by atoms with van der Waals surface area (Å²) in [7, 11) is 0. The van der Waals surface area contributed by atoms with Crippen LogP contribution in [-0.2, 0) is 30.3 Å². The van der Waals surface area contributed by atoms with E-state index >= 15 is 0 Å². The van der Waals surface area contributed by atoms with Crippen molar-refractivity contribution in [3.8, 4) is 0 Å². The minimum Gasteiger partial charge on any atom is -0.463 e. The number of rotatable bonds is 12. The lowest BCUT2D eigenvalue weighted by Gasteiger charge is -2.19. The first-order chi connectivity index (χ1) is 14.1. The SMILES string of the molecule is CCOC(=O)[C@@H](CCc1ccccc1)OC(=O)[C@@H](N)CCCCNC(=O)C(F)(F)F. The molecule has 0 fully saturated rings. The van der Waals surface area contributed by atoms with Gasteiger partial charge in [-0.1, -0.05) is 30.3 Å². The second-order valence-corrected chi connectivity index (χ2v) is 6.56. The maximum atomic E-state index is 12.2. The van der Waals surface area contributed by atoms with Gasteiger partial charge in [-0.05, 0) is 44.6 Å². The molecule has 1 aromatic carbocycles. The summed E-state index contributed by atoms with van der Waals surface area (Å²) in [5.41, 5.74) is 6.73. The molecule has 0 bridgehead atoms. The van der Waals surface area contributed by atoms with Crippen molar-refractivity contribution < 1.29 is 37.0 Å². The van der Waals surface area contributed by atoms with Gasteiger partial charge in [-0.15, -0.1) is 0 Å². The monoisotopic (exact) mass is 432 g/mol. The molecule has 1 rings (SSSR count). The van der Waals surface area contributed by atoms with E-state index in [4.69, 9.17) is 15.2 Å². The zero-order valence-electron chi connectivity index (χ0n) is 16.7. The predicted molar refractivity (Wildman–Crippen MR) is 102 cm³/mol. The number of nitrogens with one attached hydrogen (secondary N) is 1. The fourth-order valence-corrected chi connectivity index (χ4v) is 2.54. The minimum absolute atomic E-state index is 0.133. The van der Waals surface area contributed by atoms with Gasteiger partial charge in [-0.25, -0.2) is 4.79 Å². The summed E-state index contributed by atoms with van der Waals surface area (Å²) >= 11 is 0. The van der Waals surface area contributed by atoms with Gasteiger partial charge in [0.2, 0.25) is 0 Å². The Hall–Kier alpha value is -2.62. The van der Waals surface area contributed by atoms with E-state index in [0.29, 0.717) is 12.8 Å². The van der Waals surface area contributed by atoms with E-state index in [1.165, 1.54) is 0 Å². The number of hydrogen-bond donors (Lipinski definition) is 2. The van der Waals surface area contributed by atoms with Gasteiger partial charge in [-0.2, -0.15) is 13.2 Å². The number of benzene rings is 1. The van der Waals surface area contributed by atoms with E-state index in [-0.39, 0.29) is 32.4 Å². The Morgan fingerprint density at radius 2 is 1.73 bits per heavy atom. The van der Waals surface area contributed by atoms with Gasteiger partial charge >= 0.3 is 24.0 Å². The van der Waals surface area contributed by atoms with Crippen LogP contribution in [0.3, 0.4) is 0 Å². The largest absolute Gasteiger partial charge is 0.471 e. The Morgan fingerprint density at radius 3 is 2.33 bits per heavy atom. The van der Waals surface area contributed by atoms with Gasteiger partial charge in [0.1, 0.15) is 6.04 Å². The van der Waals surface area contributed by atoms with E-state index in [1.807, 2.05) is 30.3 Å². The quantitative estimate of drug-likeness (QED) is 0.388. The van der Waals surface area contributed by atoms with Crippen molar-refractivity contribution in [1.29, 1.82) is 0 Å². The lowest BCUT2D eigenvalue weighted by molar-refractivity contribution is -0.173. The number of unbranched alkanes of at least 4 members (excludes halogenated alkanes) is 1. The number of nitrogens with two attached hydrogens (primary N) is 1. The van der Waals surface area contributed by atoms with Crippen LogP contribution in [0.15, 0.2) is 30.3 Å². The molecular formula is C20H27F3N2O5. The summed E-state index contributed by atoms with van der Waals surface area (Å²) in [6.45, 7) is 1.58. The third-order valence-corrected chi connectivity index (χ3v) is 4.13. The van der Waals surface area contributed by atoms with Crippen LogP contribution in [0, 0.1) is 0 Å². The number of alkyl halides is 3. The smallest absolute Gasteiger partial charge is 0.463 e. The molecule has 0 aliphatic carbocycles. The van der Waals surface area contributed by atoms with Gasteiger partial charge < -0.3 is 20.5 Å². The minimum atomic E-state index is -4.93. The Morgan fingerprint density at radius 1 is 1.07 bits per heavy atom. The topological polar surface area (TPSA) is 108 Å². The number of halogens is 3. The molecule has 10 heteroatoms. The molecule has 168 valence electrons. The normalized spacial score (nSPS) is 13.2. The van der Waals surface area contributed by atoms with Crippen molar-refractivity contribution in [3.63, 3.8) is 0 Å². The average molecular weight is 432 g/mol. The first kappa shape index (κ1) is 25.4. The molecule has 0 spiro atoms. The lowest BCUT2D eigenvalue weighted by Crippen LogP contribution is -2.39. The summed E-state index contributed by atoms with van der Waals surface area (Å²) in [6.07, 6.45) is -4.68. The number of amides is 1. The van der Waals surface area contributed by atoms with Crippen molar-refractivity contribution in [2.75, 3.05) is 13.2 Å². The maximum absolute atomic E-state index is 12.2. The van der Waals surface area contributed by atoms with Crippen LogP contribution < -0.4 is 11.1 Å². The molecule has 0 aliphatic heterocycles. The molecule has 2 atom stereocenters. The molecule has 1 amide bonds. The van der Waals surface area contributed by atoms with Crippen LogP contribution in [0.4, 0.5) is 13.2 Å². The second-order valence-electron chi connectivity index (χ2n) is 6.56. The van der Waals surface area contributed by atoms with E-state index in [1.54, 1.807) is 12.2 Å². The van der Waals surface area contributed by atoms with Crippen molar-refractivity contribution in [1.82, 2.24) is 5.32 Å². The summed E-state index contributed by atoms with van der Waals surface area (Å²) in [5, 5.41) is 1.74. The van der Waals surface area contributed by atoms with Gasteiger partial charge in [0.15, 0.2) is 6.10 Å². The maximum Gasteiger partial charge on any atom is 0.471 e. The zero-order valence-corrected chi connectivity index (χ0v) is 16.7. The molecule has 7 nitrogen and oxygen atoms in total. The highest BCUT2D eigenvalue weighted by atomic mass is 19.4. The molecule has 0 aromatic heterocycles. The van der Waals surface area contributed by atoms with Crippen molar-refractivity contribution in [3.05, 3.63) is 35.9 Å². The molecule has 0 saturated carbocycles. The van der Waals surface area contributed by atoms with Gasteiger partial charge in [-0.3, -0.25) is 9.59 Å². The third-order valence-electron chi connectivity index (χ3n) is 4.13. The van der Waals surface area contributed by atoms with Crippen LogP contribution >= 0.6 is 0 Å². The third kappa shape index (κ3) is 9.73. The highest BCUT2D eigenvalue weighted by molar-refractivity contribution is 5.82. The Bertz CT molecular complexity index is 683. The standard InChI is InChI=1S/C20H27F3N2O5/c1-2-29-18(27)16(12-11-14-8-4-3-5-9-14)30-17(26)15(24)10-6-7-13-25-19(28)20(21,22)23/h3-5,8-9,15-16H,2,6-7,10-13,24H2,1H3,(H,25,28)/t15-,16+/m0/s1. The van der Waals surface area contributed by atoms with Gasteiger partial charge in [0.05, 0.1) is 6.61 Å². The summed E-state index contributed by atoms with van der Waals surface area (Å²) in [6, 6.07) is 8.29. The number of aryl methyl sites for hydroxylation is 1. The van der Waals surface area contributed by atoms with Crippen molar-refractivity contribution in [2.24, 2.45) is 5.73 Å².